The Morgan fingerprint density at radius 1 is 1.07 bits per heavy atom. The molecule has 2 N–H and O–H groups in total. The molecule has 5 aromatic rings. The SMILES string of the molecule is C=CC(=O)Nc1cc(Cc2nccc(-c3cn(C)c4ccccc34)n2)c(OC)cc1N(C)CCN(C)C(=O)COCCSc1cccc2c1CN(C1CCC(=O)NC1=O)C2=O. The second-order valence-electron chi connectivity index (χ2n) is 14.9. The van der Waals surface area contributed by atoms with Gasteiger partial charge < -0.3 is 34.1 Å². The van der Waals surface area contributed by atoms with Gasteiger partial charge in [0.05, 0.1) is 30.8 Å². The van der Waals surface area contributed by atoms with Crippen LogP contribution < -0.4 is 20.3 Å². The van der Waals surface area contributed by atoms with Crippen molar-refractivity contribution in [2.45, 2.75) is 36.7 Å². The summed E-state index contributed by atoms with van der Waals surface area (Å²) in [6, 6.07) is 18.6. The van der Waals surface area contributed by atoms with Crippen LogP contribution in [0.1, 0.15) is 40.2 Å². The van der Waals surface area contributed by atoms with Crippen LogP contribution in [-0.4, -0.2) is 113 Å². The van der Waals surface area contributed by atoms with Gasteiger partial charge in [-0.1, -0.05) is 30.8 Å². The number of carbonyl (C=O) groups excluding carboxylic acids is 5. The van der Waals surface area contributed by atoms with E-state index < -0.39 is 11.9 Å². The molecule has 0 spiro atoms. The van der Waals surface area contributed by atoms with Gasteiger partial charge in [-0.2, -0.15) is 0 Å². The van der Waals surface area contributed by atoms with Crippen molar-refractivity contribution in [3.05, 3.63) is 108 Å². The summed E-state index contributed by atoms with van der Waals surface area (Å²) < 4.78 is 13.7. The number of hydrogen-bond donors (Lipinski definition) is 2. The number of ether oxygens (including phenoxy) is 2. The number of carbonyl (C=O) groups is 5. The molecule has 316 valence electrons. The Labute approximate surface area is 358 Å². The Bertz CT molecular complexity index is 2520. The third kappa shape index (κ3) is 9.45. The number of para-hydroxylation sites is 1. The van der Waals surface area contributed by atoms with Crippen LogP contribution in [0.2, 0.25) is 0 Å². The summed E-state index contributed by atoms with van der Waals surface area (Å²) in [4.78, 5) is 78.4. The molecule has 1 atom stereocenters. The lowest BCUT2D eigenvalue weighted by Crippen LogP contribution is -2.52. The van der Waals surface area contributed by atoms with Gasteiger partial charge in [0.2, 0.25) is 23.6 Å². The van der Waals surface area contributed by atoms with E-state index in [1.807, 2.05) is 61.5 Å². The number of rotatable bonds is 17. The molecule has 1 saturated heterocycles. The van der Waals surface area contributed by atoms with Crippen LogP contribution >= 0.6 is 11.8 Å². The summed E-state index contributed by atoms with van der Waals surface area (Å²) in [6.07, 6.45) is 5.86. The maximum atomic E-state index is 13.2. The molecule has 0 saturated carbocycles. The van der Waals surface area contributed by atoms with Crippen LogP contribution in [0.5, 0.6) is 5.75 Å². The molecule has 5 amide bonds. The smallest absolute Gasteiger partial charge is 0.255 e. The van der Waals surface area contributed by atoms with E-state index in [2.05, 4.69) is 45.1 Å². The maximum absolute atomic E-state index is 13.2. The number of likely N-dealkylation sites (N-methyl/N-ethyl adjacent to an activating group) is 2. The highest BCUT2D eigenvalue weighted by atomic mass is 32.2. The highest BCUT2D eigenvalue weighted by Gasteiger charge is 2.39. The number of imide groups is 1. The molecule has 2 aliphatic rings. The molecule has 0 radical (unpaired) electrons. The lowest BCUT2D eigenvalue weighted by Gasteiger charge is -2.29. The fourth-order valence-corrected chi connectivity index (χ4v) is 8.55. The summed E-state index contributed by atoms with van der Waals surface area (Å²) in [5, 5.41) is 6.36. The van der Waals surface area contributed by atoms with Crippen molar-refractivity contribution in [2.24, 2.45) is 7.05 Å². The molecule has 7 rings (SSSR count). The number of piperidine rings is 1. The van der Waals surface area contributed by atoms with E-state index >= 15 is 0 Å². The first-order valence-electron chi connectivity index (χ1n) is 19.9. The van der Waals surface area contributed by atoms with Crippen LogP contribution in [0.3, 0.4) is 0 Å². The van der Waals surface area contributed by atoms with Gasteiger partial charge in [0.25, 0.3) is 5.91 Å². The first-order chi connectivity index (χ1) is 29.4. The fraction of sp³-hybridized carbons (Fsp3) is 0.311. The molecule has 2 aromatic heterocycles. The number of nitrogens with one attached hydrogen (secondary N) is 2. The second-order valence-corrected chi connectivity index (χ2v) is 16.0. The van der Waals surface area contributed by atoms with Gasteiger partial charge in [-0.25, -0.2) is 9.97 Å². The molecule has 15 nitrogen and oxygen atoms in total. The number of amides is 5. The largest absolute Gasteiger partial charge is 0.496 e. The van der Waals surface area contributed by atoms with Crippen LogP contribution in [0.15, 0.2) is 90.6 Å². The lowest BCUT2D eigenvalue weighted by atomic mass is 10.0. The van der Waals surface area contributed by atoms with Crippen molar-refractivity contribution in [2.75, 3.05) is 63.5 Å². The summed E-state index contributed by atoms with van der Waals surface area (Å²) in [5.41, 5.74) is 6.31. The number of anilines is 2. The predicted molar refractivity (Wildman–Crippen MR) is 234 cm³/mol. The minimum atomic E-state index is -0.678. The van der Waals surface area contributed by atoms with Crippen LogP contribution in [-0.2, 0) is 43.9 Å². The number of benzene rings is 3. The summed E-state index contributed by atoms with van der Waals surface area (Å²) in [6.45, 7) is 4.91. The second kappa shape index (κ2) is 18.8. The Morgan fingerprint density at radius 2 is 1.89 bits per heavy atom. The molecule has 4 heterocycles. The number of nitrogens with zero attached hydrogens (tertiary/aromatic N) is 6. The number of thioether (sulfide) groups is 1. The van der Waals surface area contributed by atoms with Crippen molar-refractivity contribution in [1.29, 1.82) is 0 Å². The van der Waals surface area contributed by atoms with Crippen molar-refractivity contribution in [3.8, 4) is 17.0 Å². The minimum Gasteiger partial charge on any atom is -0.496 e. The first-order valence-corrected chi connectivity index (χ1v) is 20.9. The maximum Gasteiger partial charge on any atom is 0.255 e. The van der Waals surface area contributed by atoms with Crippen LogP contribution in [0.4, 0.5) is 11.4 Å². The van der Waals surface area contributed by atoms with Crippen molar-refractivity contribution in [3.63, 3.8) is 0 Å². The molecule has 1 fully saturated rings. The first kappa shape index (κ1) is 42.6. The molecule has 0 bridgehead atoms. The van der Waals surface area contributed by atoms with Gasteiger partial charge in [0, 0.05) is 110 Å². The summed E-state index contributed by atoms with van der Waals surface area (Å²) in [5.74, 6) is 0.166. The summed E-state index contributed by atoms with van der Waals surface area (Å²) >= 11 is 1.52. The third-order valence-electron chi connectivity index (χ3n) is 10.9. The normalized spacial score (nSPS) is 14.8. The molecular weight excluding hydrogens is 797 g/mol. The van der Waals surface area contributed by atoms with Crippen LogP contribution in [0.25, 0.3) is 22.2 Å². The molecule has 0 aliphatic carbocycles. The molecular formula is C45H48N8O7S. The molecule has 3 aromatic carbocycles. The Hall–Kier alpha value is -6.52. The molecule has 1 unspecified atom stereocenters. The molecule has 16 heteroatoms. The van der Waals surface area contributed by atoms with E-state index in [1.54, 1.807) is 31.3 Å². The zero-order chi connectivity index (χ0) is 43.2. The van der Waals surface area contributed by atoms with Crippen LogP contribution in [0, 0.1) is 0 Å². The van der Waals surface area contributed by atoms with E-state index in [1.165, 1.54) is 22.7 Å². The number of aromatic nitrogens is 3. The van der Waals surface area contributed by atoms with Gasteiger partial charge in [-0.05, 0) is 48.4 Å². The van der Waals surface area contributed by atoms with E-state index in [-0.39, 0.29) is 43.2 Å². The minimum absolute atomic E-state index is 0.109. The van der Waals surface area contributed by atoms with E-state index in [0.29, 0.717) is 66.8 Å². The number of aryl methyl sites for hydroxylation is 1. The Balaban J connectivity index is 0.936. The lowest BCUT2D eigenvalue weighted by molar-refractivity contribution is -0.137. The standard InChI is InChI=1S/C45H48N8O7S/c1-6-41(54)48-34-22-28(23-40-46-17-16-33(47-40)31-25-52(4)35-12-8-7-10-29(31)35)38(59-5)24-37(34)50(2)18-19-51(3)43(56)27-60-20-21-61-39-13-9-11-30-32(39)26-53(45(30)58)36-14-15-42(55)49-44(36)57/h6-13,16-17,22,24-25,36H,1,14-15,18-21,23,26-27H2,2-5H3,(H,48,54)(H,49,55,57). The van der Waals surface area contributed by atoms with E-state index in [4.69, 9.17) is 14.5 Å². The Morgan fingerprint density at radius 3 is 2.67 bits per heavy atom. The zero-order valence-electron chi connectivity index (χ0n) is 34.6. The highest BCUT2D eigenvalue weighted by molar-refractivity contribution is 7.99. The van der Waals surface area contributed by atoms with Gasteiger partial charge in [-0.3, -0.25) is 29.3 Å². The van der Waals surface area contributed by atoms with Gasteiger partial charge >= 0.3 is 0 Å². The average Bonchev–Trinajstić information content (AvgIpc) is 3.78. The van der Waals surface area contributed by atoms with E-state index in [9.17, 15) is 24.0 Å². The van der Waals surface area contributed by atoms with Gasteiger partial charge in [0.1, 0.15) is 24.2 Å². The van der Waals surface area contributed by atoms with E-state index in [0.717, 1.165) is 38.2 Å². The quantitative estimate of drug-likeness (QED) is 0.0570. The predicted octanol–water partition coefficient (Wildman–Crippen LogP) is 4.82. The van der Waals surface area contributed by atoms with Gasteiger partial charge in [0.15, 0.2) is 0 Å². The average molecular weight is 845 g/mol. The third-order valence-corrected chi connectivity index (χ3v) is 12.0. The number of hydrogen-bond acceptors (Lipinski definition) is 11. The van der Waals surface area contributed by atoms with Gasteiger partial charge in [-0.15, -0.1) is 11.8 Å². The fourth-order valence-electron chi connectivity index (χ4n) is 7.61. The highest BCUT2D eigenvalue weighted by Crippen LogP contribution is 2.36. The van der Waals surface area contributed by atoms with Crippen molar-refractivity contribution in [1.82, 2.24) is 29.7 Å². The monoisotopic (exact) mass is 844 g/mol. The van der Waals surface area contributed by atoms with Crippen molar-refractivity contribution >= 4 is 63.6 Å². The topological polar surface area (TPSA) is 168 Å². The number of methoxy groups -OCH3 is 1. The Kier molecular flexibility index (Phi) is 13.1. The zero-order valence-corrected chi connectivity index (χ0v) is 35.4. The number of fused-ring (bicyclic) bond motifs is 2. The molecule has 2 aliphatic heterocycles. The van der Waals surface area contributed by atoms with Crippen molar-refractivity contribution < 1.29 is 33.4 Å². The summed E-state index contributed by atoms with van der Waals surface area (Å²) in [7, 11) is 7.19. The molecule has 61 heavy (non-hydrogen) atoms.